The van der Waals surface area contributed by atoms with Gasteiger partial charge >= 0.3 is 0 Å². The van der Waals surface area contributed by atoms with Gasteiger partial charge in [0.15, 0.2) is 0 Å². The van der Waals surface area contributed by atoms with Crippen molar-refractivity contribution in [3.63, 3.8) is 0 Å². The van der Waals surface area contributed by atoms with E-state index in [0.717, 1.165) is 47.4 Å². The monoisotopic (exact) mass is 318 g/mol. The first-order chi connectivity index (χ1) is 9.24. The van der Waals surface area contributed by atoms with Crippen molar-refractivity contribution in [1.82, 2.24) is 9.97 Å². The fourth-order valence-electron chi connectivity index (χ4n) is 2.39. The summed E-state index contributed by atoms with van der Waals surface area (Å²) in [6.07, 6.45) is 3.28. The second-order valence-electron chi connectivity index (χ2n) is 4.65. The summed E-state index contributed by atoms with van der Waals surface area (Å²) in [7, 11) is 0. The van der Waals surface area contributed by atoms with E-state index in [4.69, 9.17) is 5.73 Å². The third-order valence-electron chi connectivity index (χ3n) is 3.27. The van der Waals surface area contributed by atoms with Gasteiger partial charge in [-0.3, -0.25) is 0 Å². The van der Waals surface area contributed by atoms with Crippen LogP contribution in [-0.2, 0) is 6.42 Å². The van der Waals surface area contributed by atoms with Crippen LogP contribution < -0.4 is 11.1 Å². The molecule has 98 valence electrons. The quantitative estimate of drug-likeness (QED) is 0.847. The third kappa shape index (κ3) is 2.56. The molecule has 4 nitrogen and oxygen atoms in total. The van der Waals surface area contributed by atoms with Crippen LogP contribution in [0, 0.1) is 0 Å². The number of nitrogens with two attached hydrogens (primary N) is 1. The lowest BCUT2D eigenvalue weighted by Crippen LogP contribution is -2.07. The molecule has 0 fully saturated rings. The number of rotatable bonds is 1. The van der Waals surface area contributed by atoms with Gasteiger partial charge in [0, 0.05) is 22.1 Å². The van der Waals surface area contributed by atoms with E-state index in [1.165, 1.54) is 5.56 Å². The van der Waals surface area contributed by atoms with Crippen LogP contribution >= 0.6 is 15.9 Å². The fourth-order valence-corrected chi connectivity index (χ4v) is 2.79. The highest BCUT2D eigenvalue weighted by Crippen LogP contribution is 2.31. The second kappa shape index (κ2) is 5.17. The van der Waals surface area contributed by atoms with Gasteiger partial charge in [-0.25, -0.2) is 4.98 Å². The zero-order chi connectivity index (χ0) is 13.2. The Balaban J connectivity index is 2.17. The minimum absolute atomic E-state index is 0.322. The number of aromatic nitrogens is 2. The fraction of sp³-hybridized carbons (Fsp3) is 0.286. The summed E-state index contributed by atoms with van der Waals surface area (Å²) >= 11 is 3.50. The number of hydrogen-bond donors (Lipinski definition) is 2. The highest BCUT2D eigenvalue weighted by atomic mass is 79.9. The maximum atomic E-state index is 5.84. The highest BCUT2D eigenvalue weighted by molar-refractivity contribution is 9.10. The van der Waals surface area contributed by atoms with Gasteiger partial charge < -0.3 is 11.1 Å². The zero-order valence-corrected chi connectivity index (χ0v) is 12.1. The summed E-state index contributed by atoms with van der Waals surface area (Å²) in [5.41, 5.74) is 9.02. The summed E-state index contributed by atoms with van der Waals surface area (Å²) in [6, 6.07) is 8.13. The maximum absolute atomic E-state index is 5.84. The van der Waals surface area contributed by atoms with Crippen molar-refractivity contribution in [3.05, 3.63) is 34.3 Å². The largest absolute Gasteiger partial charge is 0.370 e. The molecule has 0 amide bonds. The Labute approximate surface area is 120 Å². The average molecular weight is 319 g/mol. The van der Waals surface area contributed by atoms with Gasteiger partial charge in [-0.1, -0.05) is 28.1 Å². The molecule has 19 heavy (non-hydrogen) atoms. The molecule has 1 aromatic carbocycles. The van der Waals surface area contributed by atoms with Crippen LogP contribution in [0.1, 0.15) is 18.4 Å². The summed E-state index contributed by atoms with van der Waals surface area (Å²) in [6.45, 7) is 0.946. The van der Waals surface area contributed by atoms with Crippen LogP contribution in [0.2, 0.25) is 0 Å². The number of nitrogens with one attached hydrogen (secondary N) is 1. The standard InChI is InChI=1S/C14H15BrN4/c15-10-5-3-4-9(8-10)12-11-6-1-2-7-17-13(11)19-14(16)18-12/h3-5,8H,1-2,6-7H2,(H3,16,17,18,19). The first-order valence-corrected chi connectivity index (χ1v) is 7.19. The van der Waals surface area contributed by atoms with Crippen molar-refractivity contribution >= 4 is 27.7 Å². The van der Waals surface area contributed by atoms with Gasteiger partial charge in [0.05, 0.1) is 5.69 Å². The first-order valence-electron chi connectivity index (χ1n) is 6.40. The number of fused-ring (bicyclic) bond motifs is 1. The van der Waals surface area contributed by atoms with E-state index in [1.54, 1.807) is 0 Å². The summed E-state index contributed by atoms with van der Waals surface area (Å²) in [5.74, 6) is 1.21. The topological polar surface area (TPSA) is 63.8 Å². The number of benzene rings is 1. The summed E-state index contributed by atoms with van der Waals surface area (Å²) < 4.78 is 1.04. The van der Waals surface area contributed by atoms with Crippen molar-refractivity contribution in [3.8, 4) is 11.3 Å². The predicted octanol–water partition coefficient (Wildman–Crippen LogP) is 3.24. The highest BCUT2D eigenvalue weighted by Gasteiger charge is 2.17. The van der Waals surface area contributed by atoms with Crippen molar-refractivity contribution in [2.75, 3.05) is 17.6 Å². The zero-order valence-electron chi connectivity index (χ0n) is 10.5. The molecule has 2 aromatic rings. The SMILES string of the molecule is Nc1nc2c(c(-c3cccc(Br)c3)n1)CCCCN2. The molecule has 0 unspecified atom stereocenters. The van der Waals surface area contributed by atoms with E-state index in [9.17, 15) is 0 Å². The van der Waals surface area contributed by atoms with Gasteiger partial charge in [0.2, 0.25) is 5.95 Å². The van der Waals surface area contributed by atoms with E-state index in [0.29, 0.717) is 5.95 Å². The van der Waals surface area contributed by atoms with Gasteiger partial charge in [0.25, 0.3) is 0 Å². The van der Waals surface area contributed by atoms with E-state index in [2.05, 4.69) is 43.3 Å². The molecule has 0 aliphatic carbocycles. The van der Waals surface area contributed by atoms with Crippen LogP contribution in [0.4, 0.5) is 11.8 Å². The van der Waals surface area contributed by atoms with Crippen LogP contribution in [0.5, 0.6) is 0 Å². The normalized spacial score (nSPS) is 14.4. The van der Waals surface area contributed by atoms with Crippen molar-refractivity contribution in [2.45, 2.75) is 19.3 Å². The minimum Gasteiger partial charge on any atom is -0.370 e. The molecule has 0 bridgehead atoms. The molecule has 0 saturated carbocycles. The van der Waals surface area contributed by atoms with E-state index in [1.807, 2.05) is 12.1 Å². The molecule has 0 radical (unpaired) electrons. The molecule has 2 heterocycles. The van der Waals surface area contributed by atoms with Crippen molar-refractivity contribution < 1.29 is 0 Å². The van der Waals surface area contributed by atoms with Gasteiger partial charge in [-0.2, -0.15) is 4.98 Å². The Morgan fingerprint density at radius 3 is 2.95 bits per heavy atom. The summed E-state index contributed by atoms with van der Waals surface area (Å²) in [4.78, 5) is 8.77. The molecule has 1 aliphatic rings. The predicted molar refractivity (Wildman–Crippen MR) is 81.0 cm³/mol. The Hall–Kier alpha value is -1.62. The molecular formula is C14H15BrN4. The molecule has 0 atom stereocenters. The Morgan fingerprint density at radius 1 is 1.21 bits per heavy atom. The molecule has 3 N–H and O–H groups in total. The van der Waals surface area contributed by atoms with E-state index < -0.39 is 0 Å². The molecule has 0 spiro atoms. The Morgan fingerprint density at radius 2 is 2.11 bits per heavy atom. The average Bonchev–Trinajstić information content (AvgIpc) is 2.63. The third-order valence-corrected chi connectivity index (χ3v) is 3.76. The van der Waals surface area contributed by atoms with Gasteiger partial charge in [-0.05, 0) is 31.4 Å². The maximum Gasteiger partial charge on any atom is 0.222 e. The molecular weight excluding hydrogens is 304 g/mol. The lowest BCUT2D eigenvalue weighted by Gasteiger charge is -2.12. The lowest BCUT2D eigenvalue weighted by molar-refractivity contribution is 0.785. The van der Waals surface area contributed by atoms with Crippen LogP contribution in [-0.4, -0.2) is 16.5 Å². The van der Waals surface area contributed by atoms with Crippen molar-refractivity contribution in [2.24, 2.45) is 0 Å². The molecule has 1 aromatic heterocycles. The number of nitrogen functional groups attached to an aromatic ring is 1. The van der Waals surface area contributed by atoms with Gasteiger partial charge in [0.1, 0.15) is 5.82 Å². The molecule has 1 aliphatic heterocycles. The van der Waals surface area contributed by atoms with Gasteiger partial charge in [-0.15, -0.1) is 0 Å². The van der Waals surface area contributed by atoms with E-state index >= 15 is 0 Å². The second-order valence-corrected chi connectivity index (χ2v) is 5.57. The minimum atomic E-state index is 0.322. The van der Waals surface area contributed by atoms with Crippen LogP contribution in [0.3, 0.4) is 0 Å². The number of halogens is 1. The summed E-state index contributed by atoms with van der Waals surface area (Å²) in [5, 5.41) is 3.35. The Kier molecular flexibility index (Phi) is 3.38. The number of hydrogen-bond acceptors (Lipinski definition) is 4. The Bertz CT molecular complexity index is 612. The van der Waals surface area contributed by atoms with Crippen LogP contribution in [0.15, 0.2) is 28.7 Å². The van der Waals surface area contributed by atoms with Crippen LogP contribution in [0.25, 0.3) is 11.3 Å². The van der Waals surface area contributed by atoms with E-state index in [-0.39, 0.29) is 0 Å². The lowest BCUT2D eigenvalue weighted by atomic mass is 10.0. The molecule has 0 saturated heterocycles. The number of nitrogens with zero attached hydrogens (tertiary/aromatic N) is 2. The smallest absolute Gasteiger partial charge is 0.222 e. The molecule has 5 heteroatoms. The first kappa shape index (κ1) is 12.4. The van der Waals surface area contributed by atoms with Crippen molar-refractivity contribution in [1.29, 1.82) is 0 Å². The molecule has 3 rings (SSSR count). The number of anilines is 2.